The van der Waals surface area contributed by atoms with Crippen LogP contribution in [0.15, 0.2) is 84.0 Å². The highest BCUT2D eigenvalue weighted by Gasteiger charge is 2.25. The Balaban J connectivity index is 1.58. The van der Waals surface area contributed by atoms with Crippen LogP contribution >= 0.6 is 11.8 Å². The second-order valence-electron chi connectivity index (χ2n) is 7.84. The number of ether oxygens (including phenoxy) is 1. The van der Waals surface area contributed by atoms with Crippen molar-refractivity contribution in [2.75, 3.05) is 5.32 Å². The molecule has 4 rings (SSSR count). The maximum Gasteiger partial charge on any atom is 0.335 e. The lowest BCUT2D eigenvalue weighted by molar-refractivity contribution is -0.115. The van der Waals surface area contributed by atoms with Crippen LogP contribution in [0.3, 0.4) is 0 Å². The summed E-state index contributed by atoms with van der Waals surface area (Å²) in [6.07, 6.45) is -0.646. The second kappa shape index (κ2) is 11.0. The highest BCUT2D eigenvalue weighted by atomic mass is 32.2. The molecule has 36 heavy (non-hydrogen) atoms. The third-order valence-corrected chi connectivity index (χ3v) is 6.25. The van der Waals surface area contributed by atoms with Crippen LogP contribution in [-0.4, -0.2) is 37.0 Å². The average molecular weight is 507 g/mol. The van der Waals surface area contributed by atoms with Crippen molar-refractivity contribution in [1.82, 2.24) is 14.8 Å². The molecule has 8 nitrogen and oxygen atoms in total. The monoisotopic (exact) mass is 506 g/mol. The van der Waals surface area contributed by atoms with Gasteiger partial charge in [-0.1, -0.05) is 48.2 Å². The molecular weight excluding hydrogens is 483 g/mol. The lowest BCUT2D eigenvalue weighted by atomic mass is 10.2. The van der Waals surface area contributed by atoms with Gasteiger partial charge in [-0.2, -0.15) is 0 Å². The van der Waals surface area contributed by atoms with E-state index in [0.717, 1.165) is 5.69 Å². The minimum Gasteiger partial charge on any atom is -0.480 e. The smallest absolute Gasteiger partial charge is 0.335 e. The van der Waals surface area contributed by atoms with Gasteiger partial charge in [0.05, 0.1) is 10.8 Å². The molecule has 10 heteroatoms. The summed E-state index contributed by atoms with van der Waals surface area (Å²) in [5.41, 5.74) is 1.21. The third-order valence-electron chi connectivity index (χ3n) is 5.21. The maximum absolute atomic E-state index is 14.2. The zero-order valence-electron chi connectivity index (χ0n) is 19.5. The quantitative estimate of drug-likeness (QED) is 0.294. The Morgan fingerprint density at radius 2 is 1.72 bits per heavy atom. The van der Waals surface area contributed by atoms with E-state index in [9.17, 15) is 19.1 Å². The molecule has 1 amide bonds. The van der Waals surface area contributed by atoms with E-state index in [0.29, 0.717) is 16.7 Å². The summed E-state index contributed by atoms with van der Waals surface area (Å²) < 4.78 is 21.8. The number of amides is 1. The zero-order chi connectivity index (χ0) is 25.7. The minimum absolute atomic E-state index is 0.0745. The van der Waals surface area contributed by atoms with Crippen molar-refractivity contribution in [2.45, 2.75) is 30.4 Å². The van der Waals surface area contributed by atoms with Gasteiger partial charge in [0.25, 0.3) is 0 Å². The molecule has 184 valence electrons. The van der Waals surface area contributed by atoms with Crippen LogP contribution < -0.4 is 10.1 Å². The summed E-state index contributed by atoms with van der Waals surface area (Å²) in [7, 11) is 0. The Labute approximate surface area is 211 Å². The molecule has 2 N–H and O–H groups in total. The predicted molar refractivity (Wildman–Crippen MR) is 134 cm³/mol. The molecule has 0 fully saturated rings. The molecule has 0 saturated carbocycles. The molecule has 0 saturated heterocycles. The van der Waals surface area contributed by atoms with Gasteiger partial charge in [-0.05, 0) is 56.3 Å². The van der Waals surface area contributed by atoms with Crippen molar-refractivity contribution in [3.8, 4) is 11.4 Å². The van der Waals surface area contributed by atoms with E-state index in [2.05, 4.69) is 15.5 Å². The lowest BCUT2D eigenvalue weighted by Crippen LogP contribution is -2.23. The van der Waals surface area contributed by atoms with Gasteiger partial charge < -0.3 is 15.2 Å². The highest BCUT2D eigenvalue weighted by Crippen LogP contribution is 2.31. The van der Waals surface area contributed by atoms with E-state index in [4.69, 9.17) is 4.74 Å². The van der Waals surface area contributed by atoms with Gasteiger partial charge in [0.15, 0.2) is 28.7 Å². The van der Waals surface area contributed by atoms with Gasteiger partial charge in [0, 0.05) is 11.4 Å². The Hall–Kier alpha value is -4.18. The molecule has 1 heterocycles. The number of halogens is 1. The second-order valence-corrected chi connectivity index (χ2v) is 9.15. The van der Waals surface area contributed by atoms with E-state index in [-0.39, 0.29) is 17.2 Å². The van der Waals surface area contributed by atoms with Gasteiger partial charge in [0.2, 0.25) is 5.91 Å². The summed E-state index contributed by atoms with van der Waals surface area (Å²) in [5.74, 6) is -1.36. The first-order chi connectivity index (χ1) is 17.3. The first-order valence-corrected chi connectivity index (χ1v) is 11.9. The molecule has 2 unspecified atom stereocenters. The van der Waals surface area contributed by atoms with E-state index in [1.54, 1.807) is 42.7 Å². The number of benzene rings is 3. The number of thioether (sulfide) groups is 1. The van der Waals surface area contributed by atoms with Gasteiger partial charge in [0.1, 0.15) is 0 Å². The molecule has 0 aliphatic heterocycles. The summed E-state index contributed by atoms with van der Waals surface area (Å²) >= 11 is 1.18. The topological polar surface area (TPSA) is 106 Å². The number of para-hydroxylation sites is 2. The van der Waals surface area contributed by atoms with E-state index >= 15 is 0 Å². The Morgan fingerprint density at radius 3 is 2.44 bits per heavy atom. The first-order valence-electron chi connectivity index (χ1n) is 11.1. The van der Waals surface area contributed by atoms with Crippen LogP contribution in [0.1, 0.15) is 36.1 Å². The summed E-state index contributed by atoms with van der Waals surface area (Å²) in [4.78, 5) is 24.1. The fraction of sp³-hybridized carbons (Fsp3) is 0.154. The number of carboxylic acids is 1. The summed E-state index contributed by atoms with van der Waals surface area (Å²) in [5, 5.41) is 20.3. The fourth-order valence-electron chi connectivity index (χ4n) is 3.41. The molecule has 0 aliphatic rings. The number of rotatable bonds is 9. The Bertz CT molecular complexity index is 1380. The normalized spacial score (nSPS) is 12.5. The molecule has 1 aromatic heterocycles. The number of hydrogen-bond acceptors (Lipinski definition) is 6. The molecular formula is C26H23FN4O4S. The SMILES string of the molecule is CC(Sc1nnc(C(C)Oc2ccccc2F)n1-c1ccccc1)C(=O)Nc1cccc(C(=O)O)c1. The fourth-order valence-corrected chi connectivity index (χ4v) is 4.28. The Morgan fingerprint density at radius 1 is 1.00 bits per heavy atom. The molecule has 3 aromatic carbocycles. The molecule has 0 radical (unpaired) electrons. The number of carbonyl (C=O) groups excluding carboxylic acids is 1. The minimum atomic E-state index is -1.08. The standard InChI is InChI=1S/C26H23FN4O4S/c1-16(35-22-14-7-6-13-21(22)27)23-29-30-26(31(23)20-11-4-3-5-12-20)36-17(2)24(32)28-19-10-8-9-18(15-19)25(33)34/h3-17H,1-2H3,(H,28,32)(H,33,34). The van der Waals surface area contributed by atoms with Gasteiger partial charge in [-0.25, -0.2) is 9.18 Å². The number of aromatic nitrogens is 3. The van der Waals surface area contributed by atoms with Crippen LogP contribution in [0.2, 0.25) is 0 Å². The van der Waals surface area contributed by atoms with E-state index in [1.807, 2.05) is 30.3 Å². The summed E-state index contributed by atoms with van der Waals surface area (Å²) in [6.45, 7) is 3.46. The number of nitrogens with zero attached hydrogens (tertiary/aromatic N) is 3. The number of hydrogen-bond donors (Lipinski definition) is 2. The van der Waals surface area contributed by atoms with Crippen molar-refractivity contribution in [3.05, 3.63) is 96.1 Å². The van der Waals surface area contributed by atoms with Crippen LogP contribution in [0.5, 0.6) is 5.75 Å². The van der Waals surface area contributed by atoms with E-state index in [1.165, 1.54) is 36.0 Å². The molecule has 0 spiro atoms. The zero-order valence-corrected chi connectivity index (χ0v) is 20.3. The number of carbonyl (C=O) groups is 2. The number of aromatic carboxylic acids is 1. The molecule has 0 bridgehead atoms. The average Bonchev–Trinajstić information content (AvgIpc) is 3.29. The van der Waals surface area contributed by atoms with Gasteiger partial charge in [-0.3, -0.25) is 9.36 Å². The molecule has 4 aromatic rings. The highest BCUT2D eigenvalue weighted by molar-refractivity contribution is 8.00. The number of carboxylic acid groups (broad SMARTS) is 1. The largest absolute Gasteiger partial charge is 0.480 e. The van der Waals surface area contributed by atoms with Crippen LogP contribution in [0.4, 0.5) is 10.1 Å². The van der Waals surface area contributed by atoms with Crippen molar-refractivity contribution in [2.24, 2.45) is 0 Å². The van der Waals surface area contributed by atoms with Crippen molar-refractivity contribution in [3.63, 3.8) is 0 Å². The number of anilines is 1. The van der Waals surface area contributed by atoms with E-state index < -0.39 is 23.1 Å². The van der Waals surface area contributed by atoms with Crippen LogP contribution in [-0.2, 0) is 4.79 Å². The van der Waals surface area contributed by atoms with Gasteiger partial charge in [-0.15, -0.1) is 10.2 Å². The maximum atomic E-state index is 14.2. The van der Waals surface area contributed by atoms with Crippen molar-refractivity contribution in [1.29, 1.82) is 0 Å². The Kier molecular flexibility index (Phi) is 7.65. The third kappa shape index (κ3) is 5.72. The summed E-state index contributed by atoms with van der Waals surface area (Å²) in [6, 6.07) is 21.5. The van der Waals surface area contributed by atoms with Crippen LogP contribution in [0, 0.1) is 5.82 Å². The first kappa shape index (κ1) is 24.9. The van der Waals surface area contributed by atoms with Crippen LogP contribution in [0.25, 0.3) is 5.69 Å². The molecule has 2 atom stereocenters. The predicted octanol–water partition coefficient (Wildman–Crippen LogP) is 5.36. The van der Waals surface area contributed by atoms with Gasteiger partial charge >= 0.3 is 5.97 Å². The van der Waals surface area contributed by atoms with Crippen molar-refractivity contribution < 1.29 is 23.8 Å². The number of nitrogens with one attached hydrogen (secondary N) is 1. The molecule has 0 aliphatic carbocycles. The van der Waals surface area contributed by atoms with Crippen molar-refractivity contribution >= 4 is 29.3 Å². The lowest BCUT2D eigenvalue weighted by Gasteiger charge is -2.18.